The Bertz CT molecular complexity index is 976. The Labute approximate surface area is 172 Å². The second-order valence-electron chi connectivity index (χ2n) is 8.36. The van der Waals surface area contributed by atoms with Gasteiger partial charge in [0.15, 0.2) is 0 Å². The molecule has 1 aliphatic rings. The highest BCUT2D eigenvalue weighted by Gasteiger charge is 2.30. The summed E-state index contributed by atoms with van der Waals surface area (Å²) >= 11 is 0. The molecule has 0 saturated carbocycles. The summed E-state index contributed by atoms with van der Waals surface area (Å²) in [5.74, 6) is 0.835. The second kappa shape index (κ2) is 8.75. The van der Waals surface area contributed by atoms with Crippen molar-refractivity contribution in [2.24, 2.45) is 11.8 Å². The highest BCUT2D eigenvalue weighted by Crippen LogP contribution is 2.24. The van der Waals surface area contributed by atoms with Crippen molar-refractivity contribution >= 4 is 16.8 Å². The molecule has 2 aromatic carbocycles. The normalized spacial score (nSPS) is 19.0. The first kappa shape index (κ1) is 19.6. The number of hydrogen-bond acceptors (Lipinski definition) is 3. The lowest BCUT2D eigenvalue weighted by atomic mass is 9.93. The van der Waals surface area contributed by atoms with Crippen LogP contribution >= 0.6 is 0 Å². The predicted molar refractivity (Wildman–Crippen MR) is 116 cm³/mol. The molecular weight excluding hydrogens is 360 g/mol. The van der Waals surface area contributed by atoms with Crippen LogP contribution < -0.4 is 5.32 Å². The largest absolute Gasteiger partial charge is 0.379 e. The van der Waals surface area contributed by atoms with E-state index in [1.54, 1.807) is 0 Å². The summed E-state index contributed by atoms with van der Waals surface area (Å²) in [7, 11) is 0. The monoisotopic (exact) mass is 388 g/mol. The quantitative estimate of drug-likeness (QED) is 0.680. The third kappa shape index (κ3) is 4.65. The lowest BCUT2D eigenvalue weighted by Gasteiger charge is -2.20. The van der Waals surface area contributed by atoms with E-state index in [4.69, 9.17) is 4.74 Å². The number of benzene rings is 2. The Kier molecular flexibility index (Phi) is 5.91. The molecule has 2 heterocycles. The lowest BCUT2D eigenvalue weighted by molar-refractivity contribution is 0.0925. The van der Waals surface area contributed by atoms with Gasteiger partial charge >= 0.3 is 0 Å². The molecule has 0 unspecified atom stereocenters. The Morgan fingerprint density at radius 1 is 1.10 bits per heavy atom. The molecule has 4 rings (SSSR count). The minimum absolute atomic E-state index is 0.0183. The topological polar surface area (TPSA) is 51.2 Å². The number of pyridine rings is 1. The van der Waals surface area contributed by atoms with Crippen molar-refractivity contribution in [3.8, 4) is 0 Å². The minimum atomic E-state index is -0.0267. The number of para-hydroxylation sites is 1. The van der Waals surface area contributed by atoms with E-state index < -0.39 is 0 Å². The van der Waals surface area contributed by atoms with Crippen LogP contribution in [-0.4, -0.2) is 30.1 Å². The Morgan fingerprint density at radius 2 is 1.90 bits per heavy atom. The van der Waals surface area contributed by atoms with Crippen LogP contribution in [0.3, 0.4) is 0 Å². The highest BCUT2D eigenvalue weighted by atomic mass is 16.5. The van der Waals surface area contributed by atoms with E-state index in [1.807, 2.05) is 36.5 Å². The number of rotatable bonds is 6. The summed E-state index contributed by atoms with van der Waals surface area (Å²) in [6.07, 6.45) is 3.75. The van der Waals surface area contributed by atoms with Crippen molar-refractivity contribution in [3.05, 3.63) is 77.5 Å². The van der Waals surface area contributed by atoms with Gasteiger partial charge in [-0.05, 0) is 54.2 Å². The number of fused-ring (bicyclic) bond motifs is 1. The second-order valence-corrected chi connectivity index (χ2v) is 8.36. The fourth-order valence-corrected chi connectivity index (χ4v) is 4.09. The summed E-state index contributed by atoms with van der Waals surface area (Å²) in [5, 5.41) is 4.37. The van der Waals surface area contributed by atoms with E-state index in [9.17, 15) is 4.79 Å². The molecule has 150 valence electrons. The first-order valence-corrected chi connectivity index (χ1v) is 10.4. The number of amides is 1. The molecular formula is C25H28N2O2. The van der Waals surface area contributed by atoms with Gasteiger partial charge < -0.3 is 10.1 Å². The van der Waals surface area contributed by atoms with Gasteiger partial charge in [-0.25, -0.2) is 0 Å². The fourth-order valence-electron chi connectivity index (χ4n) is 4.09. The van der Waals surface area contributed by atoms with Crippen LogP contribution in [0.1, 0.15) is 35.3 Å². The van der Waals surface area contributed by atoms with Crippen molar-refractivity contribution in [1.29, 1.82) is 0 Å². The lowest BCUT2D eigenvalue weighted by Crippen LogP contribution is -2.40. The molecule has 0 aliphatic carbocycles. The number of ether oxygens (including phenoxy) is 1. The Morgan fingerprint density at radius 3 is 2.69 bits per heavy atom. The number of carbonyl (C=O) groups excluding carboxylic acids is 1. The van der Waals surface area contributed by atoms with Crippen molar-refractivity contribution < 1.29 is 9.53 Å². The standard InChI is InChI=1S/C25H28N2O2/c1-17(2)13-18-7-9-19(10-8-18)25(28)27-24-16-29-15-21(24)14-20-11-12-26-23-6-4-3-5-22(20)23/h3-12,17,21,24H,13-16H2,1-2H3,(H,27,28)/t21-,24-/m1/s1. The van der Waals surface area contributed by atoms with Gasteiger partial charge in [0.1, 0.15) is 0 Å². The molecule has 0 spiro atoms. The SMILES string of the molecule is CC(C)Cc1ccc(C(=O)N[C@@H]2COC[C@H]2Cc2ccnc3ccccc23)cc1. The van der Waals surface area contributed by atoms with Gasteiger partial charge in [0.05, 0.1) is 24.8 Å². The van der Waals surface area contributed by atoms with Crippen LogP contribution in [-0.2, 0) is 17.6 Å². The van der Waals surface area contributed by atoms with Crippen molar-refractivity contribution in [2.45, 2.75) is 32.7 Å². The molecule has 1 N–H and O–H groups in total. The zero-order chi connectivity index (χ0) is 20.2. The maximum atomic E-state index is 12.8. The van der Waals surface area contributed by atoms with Crippen molar-refractivity contribution in [2.75, 3.05) is 13.2 Å². The number of hydrogen-bond donors (Lipinski definition) is 1. The minimum Gasteiger partial charge on any atom is -0.379 e. The Hall–Kier alpha value is -2.72. The number of nitrogens with one attached hydrogen (secondary N) is 1. The maximum absolute atomic E-state index is 12.8. The number of aromatic nitrogens is 1. The van der Waals surface area contributed by atoms with Crippen molar-refractivity contribution in [1.82, 2.24) is 10.3 Å². The average molecular weight is 389 g/mol. The molecule has 29 heavy (non-hydrogen) atoms. The average Bonchev–Trinajstić information content (AvgIpc) is 3.15. The van der Waals surface area contributed by atoms with Gasteiger partial charge in [0.25, 0.3) is 5.91 Å². The predicted octanol–water partition coefficient (Wildman–Crippen LogP) is 4.42. The zero-order valence-corrected chi connectivity index (χ0v) is 17.1. The van der Waals surface area contributed by atoms with Gasteiger partial charge in [0, 0.05) is 23.1 Å². The summed E-state index contributed by atoms with van der Waals surface area (Å²) in [6, 6.07) is 18.3. The van der Waals surface area contributed by atoms with Crippen LogP contribution in [0.25, 0.3) is 10.9 Å². The van der Waals surface area contributed by atoms with Gasteiger partial charge in [0.2, 0.25) is 0 Å². The zero-order valence-electron chi connectivity index (χ0n) is 17.1. The van der Waals surface area contributed by atoms with Crippen LogP contribution in [0, 0.1) is 11.8 Å². The van der Waals surface area contributed by atoms with Gasteiger partial charge in [-0.2, -0.15) is 0 Å². The third-order valence-corrected chi connectivity index (χ3v) is 5.60. The van der Waals surface area contributed by atoms with Gasteiger partial charge in [-0.15, -0.1) is 0 Å². The van der Waals surface area contributed by atoms with E-state index in [0.29, 0.717) is 24.7 Å². The molecule has 1 aromatic heterocycles. The van der Waals surface area contributed by atoms with E-state index in [0.717, 1.165) is 18.4 Å². The van der Waals surface area contributed by atoms with Crippen LogP contribution in [0.5, 0.6) is 0 Å². The molecule has 1 fully saturated rings. The summed E-state index contributed by atoms with van der Waals surface area (Å²) < 4.78 is 5.72. The van der Waals surface area contributed by atoms with Crippen molar-refractivity contribution in [3.63, 3.8) is 0 Å². The smallest absolute Gasteiger partial charge is 0.251 e. The molecule has 3 aromatic rings. The van der Waals surface area contributed by atoms with Crippen LogP contribution in [0.4, 0.5) is 0 Å². The van der Waals surface area contributed by atoms with E-state index >= 15 is 0 Å². The summed E-state index contributed by atoms with van der Waals surface area (Å²) in [6.45, 7) is 5.62. The van der Waals surface area contributed by atoms with E-state index in [2.05, 4.69) is 48.4 Å². The first-order valence-electron chi connectivity index (χ1n) is 10.4. The van der Waals surface area contributed by atoms with Crippen LogP contribution in [0.2, 0.25) is 0 Å². The molecule has 1 amide bonds. The molecule has 1 aliphatic heterocycles. The molecule has 2 atom stereocenters. The molecule has 0 radical (unpaired) electrons. The van der Waals surface area contributed by atoms with Crippen LogP contribution in [0.15, 0.2) is 60.8 Å². The summed E-state index contributed by atoms with van der Waals surface area (Å²) in [5.41, 5.74) is 4.23. The number of carbonyl (C=O) groups is 1. The molecule has 4 heteroatoms. The molecule has 1 saturated heterocycles. The van der Waals surface area contributed by atoms with Gasteiger partial charge in [-0.3, -0.25) is 9.78 Å². The molecule has 0 bridgehead atoms. The van der Waals surface area contributed by atoms with E-state index in [1.165, 1.54) is 16.5 Å². The van der Waals surface area contributed by atoms with Gasteiger partial charge in [-0.1, -0.05) is 44.2 Å². The third-order valence-electron chi connectivity index (χ3n) is 5.60. The fraction of sp³-hybridized carbons (Fsp3) is 0.360. The molecule has 4 nitrogen and oxygen atoms in total. The summed E-state index contributed by atoms with van der Waals surface area (Å²) in [4.78, 5) is 17.2. The Balaban J connectivity index is 1.44. The van der Waals surface area contributed by atoms with E-state index in [-0.39, 0.29) is 17.9 Å². The first-order chi connectivity index (χ1) is 14.1. The number of nitrogens with zero attached hydrogens (tertiary/aromatic N) is 1. The maximum Gasteiger partial charge on any atom is 0.251 e. The highest BCUT2D eigenvalue weighted by molar-refractivity contribution is 5.94.